The lowest BCUT2D eigenvalue weighted by Gasteiger charge is -2.32. The first-order chi connectivity index (χ1) is 9.60. The van der Waals surface area contributed by atoms with Gasteiger partial charge in [0.1, 0.15) is 12.2 Å². The van der Waals surface area contributed by atoms with E-state index in [-0.39, 0.29) is 18.2 Å². The molecule has 0 radical (unpaired) electrons. The second kappa shape index (κ2) is 7.15. The zero-order chi connectivity index (χ0) is 16.4. The number of aliphatic hydroxyl groups excluding tert-OH is 3. The van der Waals surface area contributed by atoms with E-state index in [1.807, 2.05) is 13.8 Å². The van der Waals surface area contributed by atoms with Gasteiger partial charge in [-0.15, -0.1) is 0 Å². The van der Waals surface area contributed by atoms with Crippen molar-refractivity contribution in [3.05, 3.63) is 0 Å². The number of carbonyl (C=O) groups is 1. The number of ketones is 1. The van der Waals surface area contributed by atoms with Crippen LogP contribution in [0.4, 0.5) is 0 Å². The van der Waals surface area contributed by atoms with Crippen LogP contribution in [0.5, 0.6) is 0 Å². The van der Waals surface area contributed by atoms with Crippen LogP contribution in [-0.4, -0.2) is 64.2 Å². The zero-order valence-corrected chi connectivity index (χ0v) is 13.5. The maximum atomic E-state index is 12.8. The third-order valence-electron chi connectivity index (χ3n) is 4.00. The molecule has 1 saturated heterocycles. The summed E-state index contributed by atoms with van der Waals surface area (Å²) in [7, 11) is 0. The van der Waals surface area contributed by atoms with Crippen molar-refractivity contribution in [1.82, 2.24) is 5.32 Å². The van der Waals surface area contributed by atoms with Crippen LogP contribution >= 0.6 is 0 Å². The molecule has 0 aliphatic carbocycles. The predicted molar refractivity (Wildman–Crippen MR) is 78.9 cm³/mol. The number of carbonyl (C=O) groups excluding carboxylic acids is 1. The molecule has 5 unspecified atom stereocenters. The molecule has 6 nitrogen and oxygen atoms in total. The average Bonchev–Trinajstić information content (AvgIpc) is 2.40. The van der Waals surface area contributed by atoms with E-state index >= 15 is 0 Å². The molecule has 1 heterocycles. The number of rotatable bonds is 3. The zero-order valence-electron chi connectivity index (χ0n) is 13.5. The average molecular weight is 303 g/mol. The predicted octanol–water partition coefficient (Wildman–Crippen LogP) is -0.160. The van der Waals surface area contributed by atoms with E-state index in [0.717, 1.165) is 0 Å². The van der Waals surface area contributed by atoms with E-state index in [1.54, 1.807) is 20.8 Å². The summed E-state index contributed by atoms with van der Waals surface area (Å²) in [4.78, 5) is 12.8. The van der Waals surface area contributed by atoms with Crippen molar-refractivity contribution in [2.24, 2.45) is 5.41 Å². The molecule has 5 atom stereocenters. The highest BCUT2D eigenvalue weighted by atomic mass is 16.5. The Kier molecular flexibility index (Phi) is 6.31. The quantitative estimate of drug-likeness (QED) is 0.578. The van der Waals surface area contributed by atoms with Gasteiger partial charge in [-0.05, 0) is 13.3 Å². The highest BCUT2D eigenvalue weighted by Gasteiger charge is 2.43. The minimum absolute atomic E-state index is 0.0615. The number of nitrogens with one attached hydrogen (secondary N) is 1. The van der Waals surface area contributed by atoms with Gasteiger partial charge in [-0.1, -0.05) is 27.7 Å². The summed E-state index contributed by atoms with van der Waals surface area (Å²) in [5.41, 5.74) is -0.797. The number of Topliss-reactive ketones (excluding diaryl/α,β-unsaturated/α-hetero) is 1. The van der Waals surface area contributed by atoms with Gasteiger partial charge >= 0.3 is 0 Å². The smallest absolute Gasteiger partial charge is 0.158 e. The fourth-order valence-electron chi connectivity index (χ4n) is 2.78. The van der Waals surface area contributed by atoms with Crippen LogP contribution in [0.25, 0.3) is 0 Å². The third-order valence-corrected chi connectivity index (χ3v) is 4.00. The van der Waals surface area contributed by atoms with Crippen molar-refractivity contribution in [3.63, 3.8) is 0 Å². The van der Waals surface area contributed by atoms with Gasteiger partial charge in [0.2, 0.25) is 0 Å². The number of aliphatic hydroxyl groups is 3. The van der Waals surface area contributed by atoms with Crippen molar-refractivity contribution in [1.29, 1.82) is 0 Å². The van der Waals surface area contributed by atoms with E-state index in [4.69, 9.17) is 4.74 Å². The fraction of sp³-hybridized carbons (Fsp3) is 0.933. The second-order valence-corrected chi connectivity index (χ2v) is 6.87. The molecule has 0 saturated carbocycles. The molecule has 21 heavy (non-hydrogen) atoms. The molecule has 0 bridgehead atoms. The van der Waals surface area contributed by atoms with Crippen molar-refractivity contribution < 1.29 is 24.9 Å². The number of hydrogen-bond acceptors (Lipinski definition) is 6. The Labute approximate surface area is 126 Å². The SMILES string of the molecule is CC(C)NC1C(=O)C(C)(C)CC(O)C(O)C(CO)OC1C. The Morgan fingerprint density at radius 2 is 1.95 bits per heavy atom. The summed E-state index contributed by atoms with van der Waals surface area (Å²) in [6.45, 7) is 8.71. The van der Waals surface area contributed by atoms with E-state index in [0.29, 0.717) is 0 Å². The van der Waals surface area contributed by atoms with E-state index in [1.165, 1.54) is 0 Å². The first-order valence-corrected chi connectivity index (χ1v) is 7.53. The van der Waals surface area contributed by atoms with Gasteiger partial charge in [0.25, 0.3) is 0 Å². The number of hydrogen-bond donors (Lipinski definition) is 4. The summed E-state index contributed by atoms with van der Waals surface area (Å²) in [5.74, 6) is -0.0615. The van der Waals surface area contributed by atoms with Gasteiger partial charge in [-0.2, -0.15) is 0 Å². The van der Waals surface area contributed by atoms with Crippen LogP contribution in [0.1, 0.15) is 41.0 Å². The summed E-state index contributed by atoms with van der Waals surface area (Å²) in [6.07, 6.45) is -3.64. The molecule has 6 heteroatoms. The molecule has 0 aromatic carbocycles. The van der Waals surface area contributed by atoms with Crippen molar-refractivity contribution >= 4 is 5.78 Å². The normalized spacial score (nSPS) is 38.0. The highest BCUT2D eigenvalue weighted by molar-refractivity contribution is 5.89. The first kappa shape index (κ1) is 18.5. The molecule has 1 aliphatic heterocycles. The molecule has 0 aromatic heterocycles. The van der Waals surface area contributed by atoms with Crippen molar-refractivity contribution in [3.8, 4) is 0 Å². The summed E-state index contributed by atoms with van der Waals surface area (Å²) < 4.78 is 5.64. The van der Waals surface area contributed by atoms with E-state index in [2.05, 4.69) is 5.32 Å². The summed E-state index contributed by atoms with van der Waals surface area (Å²) >= 11 is 0. The van der Waals surface area contributed by atoms with Crippen molar-refractivity contribution in [2.75, 3.05) is 6.61 Å². The first-order valence-electron chi connectivity index (χ1n) is 7.53. The molecule has 4 N–H and O–H groups in total. The molecular formula is C15H29NO5. The van der Waals surface area contributed by atoms with Gasteiger partial charge in [0, 0.05) is 11.5 Å². The number of ether oxygens (including phenoxy) is 1. The maximum Gasteiger partial charge on any atom is 0.158 e. The second-order valence-electron chi connectivity index (χ2n) is 6.87. The van der Waals surface area contributed by atoms with Gasteiger partial charge in [0.05, 0.1) is 24.9 Å². The topological polar surface area (TPSA) is 99.0 Å². The Morgan fingerprint density at radius 1 is 1.38 bits per heavy atom. The fourth-order valence-corrected chi connectivity index (χ4v) is 2.78. The molecule has 1 fully saturated rings. The maximum absolute atomic E-state index is 12.8. The molecule has 1 aliphatic rings. The van der Waals surface area contributed by atoms with Crippen LogP contribution in [-0.2, 0) is 9.53 Å². The summed E-state index contributed by atoms with van der Waals surface area (Å²) in [6, 6.07) is -0.462. The largest absolute Gasteiger partial charge is 0.394 e. The van der Waals surface area contributed by atoms with Crippen molar-refractivity contribution in [2.45, 2.75) is 77.5 Å². The minimum atomic E-state index is -1.22. The Morgan fingerprint density at radius 3 is 2.43 bits per heavy atom. The Balaban J connectivity index is 3.13. The van der Waals surface area contributed by atoms with Gasteiger partial charge in [-0.25, -0.2) is 0 Å². The summed E-state index contributed by atoms with van der Waals surface area (Å²) in [5, 5.41) is 32.8. The molecular weight excluding hydrogens is 274 g/mol. The highest BCUT2D eigenvalue weighted by Crippen LogP contribution is 2.30. The van der Waals surface area contributed by atoms with Crippen LogP contribution in [0.2, 0.25) is 0 Å². The Hall–Kier alpha value is -0.530. The lowest BCUT2D eigenvalue weighted by molar-refractivity contribution is -0.138. The standard InChI is InChI=1S/C15H29NO5/c1-8(2)16-12-9(3)21-11(7-17)13(19)10(18)6-15(4,5)14(12)20/h8-13,16-19H,6-7H2,1-5H3. The lowest BCUT2D eigenvalue weighted by Crippen LogP contribution is -2.53. The monoisotopic (exact) mass is 303 g/mol. The minimum Gasteiger partial charge on any atom is -0.394 e. The van der Waals surface area contributed by atoms with Crippen LogP contribution in [0.3, 0.4) is 0 Å². The lowest BCUT2D eigenvalue weighted by atomic mass is 9.77. The van der Waals surface area contributed by atoms with Crippen LogP contribution in [0, 0.1) is 5.41 Å². The van der Waals surface area contributed by atoms with E-state index < -0.39 is 42.5 Å². The van der Waals surface area contributed by atoms with Gasteiger partial charge in [-0.3, -0.25) is 4.79 Å². The molecule has 1 rings (SSSR count). The molecule has 0 amide bonds. The van der Waals surface area contributed by atoms with Gasteiger partial charge in [0.15, 0.2) is 5.78 Å². The van der Waals surface area contributed by atoms with Crippen LogP contribution in [0.15, 0.2) is 0 Å². The Bertz CT molecular complexity index is 358. The van der Waals surface area contributed by atoms with E-state index in [9.17, 15) is 20.1 Å². The molecule has 0 aromatic rings. The molecule has 0 spiro atoms. The third kappa shape index (κ3) is 4.47. The van der Waals surface area contributed by atoms with Gasteiger partial charge < -0.3 is 25.4 Å². The molecule has 124 valence electrons. The van der Waals surface area contributed by atoms with Crippen LogP contribution < -0.4 is 5.32 Å².